The van der Waals surface area contributed by atoms with E-state index in [4.69, 9.17) is 9.05 Å². The number of unbranched alkanes of at least 4 members (excludes halogenated alkanes) is 34. The van der Waals surface area contributed by atoms with Gasteiger partial charge in [-0.1, -0.05) is 244 Å². The number of carbonyl (C=O) groups excluding carboxylic acids is 1. The first-order valence-electron chi connectivity index (χ1n) is 26.7. The zero-order chi connectivity index (χ0) is 45.7. The van der Waals surface area contributed by atoms with Crippen LogP contribution in [0.3, 0.4) is 0 Å². The lowest BCUT2D eigenvalue weighted by molar-refractivity contribution is -0.870. The molecule has 0 fully saturated rings. The Kier molecular flexibility index (Phi) is 44.4. The Balaban J connectivity index is 4.21. The summed E-state index contributed by atoms with van der Waals surface area (Å²) < 4.78 is 23.6. The maximum Gasteiger partial charge on any atom is 0.472 e. The van der Waals surface area contributed by atoms with Crippen LogP contribution in [-0.2, 0) is 18.4 Å². The van der Waals surface area contributed by atoms with E-state index in [0.717, 1.165) is 38.5 Å². The molecule has 9 heteroatoms. The number of phosphoric acid groups is 1. The highest BCUT2D eigenvalue weighted by Gasteiger charge is 2.27. The van der Waals surface area contributed by atoms with Crippen molar-refractivity contribution in [1.82, 2.24) is 5.32 Å². The van der Waals surface area contributed by atoms with Gasteiger partial charge in [0.1, 0.15) is 13.2 Å². The van der Waals surface area contributed by atoms with Gasteiger partial charge in [0.2, 0.25) is 5.91 Å². The minimum atomic E-state index is -4.35. The van der Waals surface area contributed by atoms with Crippen molar-refractivity contribution in [3.8, 4) is 0 Å². The number of aliphatic hydroxyl groups excluding tert-OH is 1. The van der Waals surface area contributed by atoms with E-state index in [1.807, 2.05) is 27.2 Å². The number of carbonyl (C=O) groups is 1. The van der Waals surface area contributed by atoms with E-state index in [1.54, 1.807) is 6.08 Å². The number of rotatable bonds is 49. The van der Waals surface area contributed by atoms with Crippen LogP contribution < -0.4 is 5.32 Å². The summed E-state index contributed by atoms with van der Waals surface area (Å²) in [7, 11) is 1.56. The standard InChI is InChI=1S/C53H105N2O6P/c1-6-8-10-12-14-16-18-20-21-22-23-24-25-26-27-28-29-30-31-32-33-35-36-38-40-42-44-46-52(56)51(50-61-62(58,59)60-49-48-55(3,4)5)54-53(57)47-45-43-41-39-37-34-19-17-15-13-11-9-7-2/h36,38,44,46,51-52,56H,6-35,37,39-43,45,47-50H2,1-5H3,(H-,54,57,58,59)/p+1/b38-36+,46-44+. The normalized spacial score (nSPS) is 14.2. The summed E-state index contributed by atoms with van der Waals surface area (Å²) in [6, 6.07) is -0.859. The summed E-state index contributed by atoms with van der Waals surface area (Å²) in [6.45, 7) is 4.82. The molecule has 0 rings (SSSR count). The van der Waals surface area contributed by atoms with Gasteiger partial charge in [-0.15, -0.1) is 0 Å². The topological polar surface area (TPSA) is 105 Å². The number of hydrogen-bond acceptors (Lipinski definition) is 5. The van der Waals surface area contributed by atoms with Crippen molar-refractivity contribution >= 4 is 13.7 Å². The molecule has 0 radical (unpaired) electrons. The van der Waals surface area contributed by atoms with Gasteiger partial charge in [-0.25, -0.2) is 4.57 Å². The third-order valence-electron chi connectivity index (χ3n) is 12.2. The molecule has 0 saturated carbocycles. The Labute approximate surface area is 385 Å². The first kappa shape index (κ1) is 61.0. The number of nitrogens with zero attached hydrogens (tertiary/aromatic N) is 1. The molecule has 0 bridgehead atoms. The van der Waals surface area contributed by atoms with Crippen molar-refractivity contribution in [3.63, 3.8) is 0 Å². The highest BCUT2D eigenvalue weighted by Crippen LogP contribution is 2.43. The number of nitrogens with one attached hydrogen (secondary N) is 1. The Bertz CT molecular complexity index is 1060. The maximum atomic E-state index is 12.9. The van der Waals surface area contributed by atoms with E-state index < -0.39 is 20.0 Å². The Hall–Kier alpha value is -1.02. The lowest BCUT2D eigenvalue weighted by atomic mass is 10.0. The summed E-state index contributed by atoms with van der Waals surface area (Å²) in [5.41, 5.74) is 0. The molecule has 3 N–H and O–H groups in total. The Morgan fingerprint density at radius 1 is 0.532 bits per heavy atom. The van der Waals surface area contributed by atoms with Gasteiger partial charge >= 0.3 is 7.82 Å². The van der Waals surface area contributed by atoms with Crippen LogP contribution in [-0.4, -0.2) is 73.4 Å². The van der Waals surface area contributed by atoms with Crippen molar-refractivity contribution in [2.45, 2.75) is 270 Å². The van der Waals surface area contributed by atoms with Crippen LogP contribution in [0.1, 0.15) is 258 Å². The lowest BCUT2D eigenvalue weighted by Crippen LogP contribution is -2.45. The zero-order valence-corrected chi connectivity index (χ0v) is 42.8. The highest BCUT2D eigenvalue weighted by atomic mass is 31.2. The van der Waals surface area contributed by atoms with Crippen LogP contribution >= 0.6 is 7.82 Å². The Morgan fingerprint density at radius 2 is 0.887 bits per heavy atom. The van der Waals surface area contributed by atoms with Crippen molar-refractivity contribution in [2.75, 3.05) is 40.9 Å². The van der Waals surface area contributed by atoms with Gasteiger partial charge in [0.05, 0.1) is 39.9 Å². The zero-order valence-electron chi connectivity index (χ0n) is 41.9. The summed E-state index contributed by atoms with van der Waals surface area (Å²) in [5.74, 6) is -0.184. The van der Waals surface area contributed by atoms with E-state index in [0.29, 0.717) is 17.4 Å². The maximum absolute atomic E-state index is 12.9. The minimum Gasteiger partial charge on any atom is -0.387 e. The van der Waals surface area contributed by atoms with Crippen molar-refractivity contribution in [2.24, 2.45) is 0 Å². The predicted molar refractivity (Wildman–Crippen MR) is 268 cm³/mol. The molecular weight excluding hydrogens is 792 g/mol. The second-order valence-corrected chi connectivity index (χ2v) is 21.1. The smallest absolute Gasteiger partial charge is 0.387 e. The third kappa shape index (κ3) is 47.0. The van der Waals surface area contributed by atoms with E-state index in [-0.39, 0.29) is 19.1 Å². The van der Waals surface area contributed by atoms with Crippen molar-refractivity contribution < 1.29 is 32.9 Å². The molecule has 3 atom stereocenters. The molecular formula is C53H106N2O6P+. The molecule has 0 aromatic rings. The van der Waals surface area contributed by atoms with Gasteiger partial charge in [-0.2, -0.15) is 0 Å². The number of hydrogen-bond donors (Lipinski definition) is 3. The molecule has 0 aliphatic heterocycles. The summed E-state index contributed by atoms with van der Waals surface area (Å²) in [5, 5.41) is 13.9. The van der Waals surface area contributed by atoms with Crippen LogP contribution in [0.25, 0.3) is 0 Å². The summed E-state index contributed by atoms with van der Waals surface area (Å²) in [6.07, 6.45) is 55.7. The van der Waals surface area contributed by atoms with E-state index in [9.17, 15) is 19.4 Å². The molecule has 0 heterocycles. The number of phosphoric ester groups is 1. The second-order valence-electron chi connectivity index (χ2n) is 19.6. The highest BCUT2D eigenvalue weighted by molar-refractivity contribution is 7.47. The van der Waals surface area contributed by atoms with E-state index >= 15 is 0 Å². The largest absolute Gasteiger partial charge is 0.472 e. The first-order valence-corrected chi connectivity index (χ1v) is 28.2. The fraction of sp³-hybridized carbons (Fsp3) is 0.906. The quantitative estimate of drug-likeness (QED) is 0.0243. The molecule has 0 saturated heterocycles. The van der Waals surface area contributed by atoms with Crippen LogP contribution in [0.2, 0.25) is 0 Å². The van der Waals surface area contributed by atoms with Gasteiger partial charge in [-0.05, 0) is 32.1 Å². The van der Waals surface area contributed by atoms with Crippen molar-refractivity contribution in [1.29, 1.82) is 0 Å². The number of allylic oxidation sites excluding steroid dienone is 3. The van der Waals surface area contributed by atoms with Gasteiger partial charge in [0, 0.05) is 6.42 Å². The van der Waals surface area contributed by atoms with Gasteiger partial charge in [0.15, 0.2) is 0 Å². The average molecular weight is 898 g/mol. The molecule has 368 valence electrons. The first-order chi connectivity index (χ1) is 30.0. The molecule has 0 aromatic carbocycles. The fourth-order valence-corrected chi connectivity index (χ4v) is 8.68. The molecule has 1 amide bonds. The van der Waals surface area contributed by atoms with Gasteiger partial charge in [-0.3, -0.25) is 13.8 Å². The molecule has 0 aromatic heterocycles. The summed E-state index contributed by atoms with van der Waals surface area (Å²) in [4.78, 5) is 23.2. The number of likely N-dealkylation sites (N-methyl/N-ethyl adjacent to an activating group) is 1. The average Bonchev–Trinajstić information content (AvgIpc) is 3.23. The Morgan fingerprint density at radius 3 is 1.29 bits per heavy atom. The second kappa shape index (κ2) is 45.1. The van der Waals surface area contributed by atoms with E-state index in [1.165, 1.54) is 199 Å². The number of quaternary nitrogens is 1. The molecule has 0 aliphatic rings. The fourth-order valence-electron chi connectivity index (χ4n) is 7.94. The monoisotopic (exact) mass is 898 g/mol. The predicted octanol–water partition coefficient (Wildman–Crippen LogP) is 15.6. The molecule has 8 nitrogen and oxygen atoms in total. The third-order valence-corrected chi connectivity index (χ3v) is 13.2. The molecule has 3 unspecified atom stereocenters. The SMILES string of the molecule is CCCCCCCCCCCCCCCCCCCCCCC/C=C/CC/C=C/C(O)C(COP(=O)(O)OCC[N+](C)(C)C)NC(=O)CCCCCCCCCCCCCCC. The van der Waals surface area contributed by atoms with Crippen LogP contribution in [0, 0.1) is 0 Å². The van der Waals surface area contributed by atoms with Gasteiger partial charge in [0.25, 0.3) is 0 Å². The molecule has 0 spiro atoms. The van der Waals surface area contributed by atoms with Crippen LogP contribution in [0.5, 0.6) is 0 Å². The van der Waals surface area contributed by atoms with Crippen molar-refractivity contribution in [3.05, 3.63) is 24.3 Å². The minimum absolute atomic E-state index is 0.0585. The van der Waals surface area contributed by atoms with Gasteiger partial charge < -0.3 is 19.8 Å². The van der Waals surface area contributed by atoms with E-state index in [2.05, 4.69) is 31.3 Å². The summed E-state index contributed by atoms with van der Waals surface area (Å²) >= 11 is 0. The molecule has 0 aliphatic carbocycles. The van der Waals surface area contributed by atoms with Crippen LogP contribution in [0.4, 0.5) is 0 Å². The lowest BCUT2D eigenvalue weighted by Gasteiger charge is -2.25. The molecule has 62 heavy (non-hydrogen) atoms. The number of aliphatic hydroxyl groups is 1. The van der Waals surface area contributed by atoms with Crippen LogP contribution in [0.15, 0.2) is 24.3 Å². The number of amides is 1.